The lowest BCUT2D eigenvalue weighted by molar-refractivity contribution is -0.137. The van der Waals surface area contributed by atoms with Crippen LogP contribution in [0.1, 0.15) is 32.3 Å². The number of rotatable bonds is 8. The Labute approximate surface area is 178 Å². The number of likely N-dealkylation sites (tertiary alicyclic amines) is 1. The zero-order chi connectivity index (χ0) is 21.8. The molecule has 0 aliphatic carbocycles. The van der Waals surface area contributed by atoms with Gasteiger partial charge in [0.05, 0.1) is 19.8 Å². The van der Waals surface area contributed by atoms with Crippen LogP contribution in [0, 0.1) is 11.8 Å². The highest BCUT2D eigenvalue weighted by Crippen LogP contribution is 2.38. The molecule has 164 valence electrons. The van der Waals surface area contributed by atoms with Crippen molar-refractivity contribution in [3.63, 3.8) is 0 Å². The molecule has 30 heavy (non-hydrogen) atoms. The second-order valence-electron chi connectivity index (χ2n) is 8.25. The number of amides is 2. The van der Waals surface area contributed by atoms with E-state index in [0.717, 1.165) is 19.5 Å². The summed E-state index contributed by atoms with van der Waals surface area (Å²) in [6, 6.07) is 5.36. The van der Waals surface area contributed by atoms with Crippen LogP contribution in [-0.2, 0) is 14.3 Å². The van der Waals surface area contributed by atoms with Gasteiger partial charge in [0.15, 0.2) is 11.5 Å². The van der Waals surface area contributed by atoms with Crippen LogP contribution in [0.5, 0.6) is 11.5 Å². The zero-order valence-electron chi connectivity index (χ0n) is 18.6. The molecule has 0 N–H and O–H groups in total. The first-order chi connectivity index (χ1) is 14.4. The van der Waals surface area contributed by atoms with Gasteiger partial charge in [0.2, 0.25) is 0 Å². The van der Waals surface area contributed by atoms with Gasteiger partial charge in [-0.3, -0.25) is 14.5 Å². The maximum Gasteiger partial charge on any atom is 0.277 e. The van der Waals surface area contributed by atoms with Crippen LogP contribution in [-0.4, -0.2) is 69.2 Å². The van der Waals surface area contributed by atoms with E-state index in [9.17, 15) is 9.59 Å². The van der Waals surface area contributed by atoms with Crippen LogP contribution in [0.2, 0.25) is 0 Å². The average Bonchev–Trinajstić information content (AvgIpc) is 2.97. The van der Waals surface area contributed by atoms with Gasteiger partial charge in [0.1, 0.15) is 5.70 Å². The Morgan fingerprint density at radius 3 is 2.23 bits per heavy atom. The molecule has 3 rings (SSSR count). The smallest absolute Gasteiger partial charge is 0.277 e. The van der Waals surface area contributed by atoms with Crippen molar-refractivity contribution in [3.05, 3.63) is 29.5 Å². The molecule has 2 aliphatic heterocycles. The Balaban J connectivity index is 2.05. The first-order valence-corrected chi connectivity index (χ1v) is 10.5. The van der Waals surface area contributed by atoms with Crippen LogP contribution in [0.25, 0.3) is 5.57 Å². The van der Waals surface area contributed by atoms with Gasteiger partial charge in [-0.05, 0) is 42.4 Å². The van der Waals surface area contributed by atoms with E-state index in [1.54, 1.807) is 33.5 Å². The van der Waals surface area contributed by atoms with Crippen LogP contribution in [0.15, 0.2) is 23.9 Å². The predicted molar refractivity (Wildman–Crippen MR) is 114 cm³/mol. The Morgan fingerprint density at radius 2 is 1.63 bits per heavy atom. The van der Waals surface area contributed by atoms with Crippen molar-refractivity contribution in [1.82, 2.24) is 9.80 Å². The Kier molecular flexibility index (Phi) is 7.02. The van der Waals surface area contributed by atoms with E-state index in [1.165, 1.54) is 4.90 Å². The van der Waals surface area contributed by atoms with Gasteiger partial charge in [-0.1, -0.05) is 19.9 Å². The predicted octanol–water partition coefficient (Wildman–Crippen LogP) is 2.80. The van der Waals surface area contributed by atoms with Crippen molar-refractivity contribution in [2.24, 2.45) is 11.8 Å². The highest BCUT2D eigenvalue weighted by molar-refractivity contribution is 6.35. The molecular formula is C23H32N2O5. The number of hydrogen-bond acceptors (Lipinski definition) is 6. The largest absolute Gasteiger partial charge is 0.493 e. The molecule has 2 amide bonds. The minimum atomic E-state index is -0.260. The molecule has 2 atom stereocenters. The fourth-order valence-electron chi connectivity index (χ4n) is 4.52. The van der Waals surface area contributed by atoms with Crippen LogP contribution in [0.3, 0.4) is 0 Å². The molecule has 1 aromatic rings. The molecule has 0 bridgehead atoms. The highest BCUT2D eigenvalue weighted by Gasteiger charge is 2.42. The number of nitrogens with zero attached hydrogens (tertiary/aromatic N) is 2. The van der Waals surface area contributed by atoms with Gasteiger partial charge < -0.3 is 19.1 Å². The third kappa shape index (κ3) is 4.31. The number of imide groups is 1. The summed E-state index contributed by atoms with van der Waals surface area (Å²) in [5, 5.41) is 0. The molecule has 0 aromatic heterocycles. The minimum absolute atomic E-state index is 0.220. The Hall–Kier alpha value is -2.54. The molecule has 7 heteroatoms. The number of methoxy groups -OCH3 is 3. The molecule has 1 saturated heterocycles. The standard InChI is InChI=1S/C23H32N2O5/c1-15-11-16(2)14-24(13-15)21-20(17-7-8-18(29-4)19(12-17)30-5)22(26)25(23(21)27)9-6-10-28-3/h7-8,12,15-16H,6,9-11,13-14H2,1-5H3. The van der Waals surface area contributed by atoms with Crippen molar-refractivity contribution in [1.29, 1.82) is 0 Å². The molecular weight excluding hydrogens is 384 g/mol. The number of piperidine rings is 1. The van der Waals surface area contributed by atoms with Gasteiger partial charge in [-0.2, -0.15) is 0 Å². The first kappa shape index (κ1) is 22.2. The van der Waals surface area contributed by atoms with Crippen molar-refractivity contribution in [2.45, 2.75) is 26.7 Å². The fourth-order valence-corrected chi connectivity index (χ4v) is 4.52. The number of ether oxygens (including phenoxy) is 3. The van der Waals surface area contributed by atoms with Crippen molar-refractivity contribution in [3.8, 4) is 11.5 Å². The average molecular weight is 417 g/mol. The normalized spacial score (nSPS) is 22.2. The van der Waals surface area contributed by atoms with Gasteiger partial charge >= 0.3 is 0 Å². The van der Waals surface area contributed by atoms with E-state index in [2.05, 4.69) is 18.7 Å². The van der Waals surface area contributed by atoms with E-state index < -0.39 is 0 Å². The summed E-state index contributed by atoms with van der Waals surface area (Å²) in [4.78, 5) is 30.2. The molecule has 1 fully saturated rings. The van der Waals surface area contributed by atoms with Crippen LogP contribution >= 0.6 is 0 Å². The molecule has 0 radical (unpaired) electrons. The SMILES string of the molecule is COCCCN1C(=O)C(c2ccc(OC)c(OC)c2)=C(N2CC(C)CC(C)C2)C1=O. The lowest BCUT2D eigenvalue weighted by atomic mass is 9.91. The van der Waals surface area contributed by atoms with E-state index in [-0.39, 0.29) is 11.8 Å². The topological polar surface area (TPSA) is 68.3 Å². The molecule has 0 saturated carbocycles. The summed E-state index contributed by atoms with van der Waals surface area (Å²) in [5.74, 6) is 1.54. The monoisotopic (exact) mass is 416 g/mol. The van der Waals surface area contributed by atoms with Gasteiger partial charge in [0.25, 0.3) is 11.8 Å². The molecule has 2 unspecified atom stereocenters. The van der Waals surface area contributed by atoms with Crippen molar-refractivity contribution < 1.29 is 23.8 Å². The second-order valence-corrected chi connectivity index (χ2v) is 8.25. The summed E-state index contributed by atoms with van der Waals surface area (Å²) < 4.78 is 15.9. The van der Waals surface area contributed by atoms with Gasteiger partial charge in [-0.15, -0.1) is 0 Å². The van der Waals surface area contributed by atoms with E-state index in [1.807, 2.05) is 6.07 Å². The van der Waals surface area contributed by atoms with Gasteiger partial charge in [0, 0.05) is 33.4 Å². The molecule has 2 aliphatic rings. The second kappa shape index (κ2) is 9.51. The summed E-state index contributed by atoms with van der Waals surface area (Å²) in [6.07, 6.45) is 1.72. The van der Waals surface area contributed by atoms with Crippen molar-refractivity contribution >= 4 is 17.4 Å². The molecule has 1 aromatic carbocycles. The van der Waals surface area contributed by atoms with Crippen molar-refractivity contribution in [2.75, 3.05) is 47.6 Å². The van der Waals surface area contributed by atoms with Gasteiger partial charge in [-0.25, -0.2) is 0 Å². The summed E-state index contributed by atoms with van der Waals surface area (Å²) in [5.41, 5.74) is 1.61. The van der Waals surface area contributed by atoms with E-state index in [0.29, 0.717) is 59.7 Å². The lowest BCUT2D eigenvalue weighted by Gasteiger charge is -2.37. The Bertz CT molecular complexity index is 825. The highest BCUT2D eigenvalue weighted by atomic mass is 16.5. The summed E-state index contributed by atoms with van der Waals surface area (Å²) in [6.45, 7) is 6.75. The van der Waals surface area contributed by atoms with Crippen LogP contribution < -0.4 is 9.47 Å². The number of hydrogen-bond donors (Lipinski definition) is 0. The third-order valence-electron chi connectivity index (χ3n) is 5.73. The lowest BCUT2D eigenvalue weighted by Crippen LogP contribution is -2.42. The molecule has 2 heterocycles. The maximum atomic E-state index is 13.4. The number of carbonyl (C=O) groups is 2. The summed E-state index contributed by atoms with van der Waals surface area (Å²) >= 11 is 0. The van der Waals surface area contributed by atoms with E-state index in [4.69, 9.17) is 14.2 Å². The fraction of sp³-hybridized carbons (Fsp3) is 0.565. The number of benzene rings is 1. The molecule has 7 nitrogen and oxygen atoms in total. The minimum Gasteiger partial charge on any atom is -0.493 e. The molecule has 0 spiro atoms. The van der Waals surface area contributed by atoms with E-state index >= 15 is 0 Å². The third-order valence-corrected chi connectivity index (χ3v) is 5.73. The quantitative estimate of drug-likeness (QED) is 0.480. The summed E-state index contributed by atoms with van der Waals surface area (Å²) in [7, 11) is 4.74. The first-order valence-electron chi connectivity index (χ1n) is 10.5. The maximum absolute atomic E-state index is 13.4. The number of carbonyl (C=O) groups excluding carboxylic acids is 2. The zero-order valence-corrected chi connectivity index (χ0v) is 18.6. The Morgan fingerprint density at radius 1 is 0.967 bits per heavy atom. The van der Waals surface area contributed by atoms with Crippen LogP contribution in [0.4, 0.5) is 0 Å².